The number of likely N-dealkylation sites (N-methyl/N-ethyl adjacent to an activating group) is 1. The molecule has 3 heterocycles. The molecule has 2 aliphatic rings. The van der Waals surface area contributed by atoms with Gasteiger partial charge in [0.15, 0.2) is 16.2 Å². The second-order valence-electron chi connectivity index (χ2n) is 9.80. The molecule has 0 radical (unpaired) electrons. The van der Waals surface area contributed by atoms with Crippen LogP contribution in [0.3, 0.4) is 0 Å². The van der Waals surface area contributed by atoms with E-state index in [1.165, 1.54) is 14.3 Å². The predicted octanol–water partition coefficient (Wildman–Crippen LogP) is 5.54. The molecule has 1 saturated carbocycles. The summed E-state index contributed by atoms with van der Waals surface area (Å²) >= 11 is 3.44. The van der Waals surface area contributed by atoms with Crippen molar-refractivity contribution in [3.05, 3.63) is 48.5 Å². The van der Waals surface area contributed by atoms with Gasteiger partial charge in [-0.25, -0.2) is 15.0 Å². The molecule has 180 valence electrons. The van der Waals surface area contributed by atoms with Gasteiger partial charge in [-0.05, 0) is 56.4 Å². The lowest BCUT2D eigenvalue weighted by atomic mass is 9.78. The fourth-order valence-corrected chi connectivity index (χ4v) is 7.68. The molecule has 2 N–H and O–H groups in total. The third kappa shape index (κ3) is 3.96. The number of amides is 1. The summed E-state index contributed by atoms with van der Waals surface area (Å²) in [6.45, 7) is 1.92. The van der Waals surface area contributed by atoms with Gasteiger partial charge in [0.2, 0.25) is 0 Å². The molecule has 1 amide bonds. The fraction of sp³-hybridized carbons (Fsp3) is 0.385. The van der Waals surface area contributed by atoms with Gasteiger partial charge in [0.25, 0.3) is 5.91 Å². The Hall–Kier alpha value is -3.04. The van der Waals surface area contributed by atoms with E-state index in [1.54, 1.807) is 29.7 Å². The van der Waals surface area contributed by atoms with Crippen molar-refractivity contribution in [2.75, 3.05) is 11.9 Å². The van der Waals surface area contributed by atoms with Crippen LogP contribution in [0.1, 0.15) is 39.0 Å². The number of carbonyl (C=O) groups is 1. The lowest BCUT2D eigenvalue weighted by molar-refractivity contribution is -0.130. The van der Waals surface area contributed by atoms with Crippen molar-refractivity contribution >= 4 is 65.2 Å². The molecule has 4 aromatic rings. The van der Waals surface area contributed by atoms with E-state index in [4.69, 9.17) is 15.7 Å². The van der Waals surface area contributed by atoms with Gasteiger partial charge in [-0.2, -0.15) is 0 Å². The van der Waals surface area contributed by atoms with Crippen LogP contribution in [0.2, 0.25) is 0 Å². The first-order valence-corrected chi connectivity index (χ1v) is 13.7. The third-order valence-electron chi connectivity index (χ3n) is 7.25. The number of hydrogen-bond acceptors (Lipinski definition) is 8. The topological polar surface area (TPSA) is 87.7 Å². The van der Waals surface area contributed by atoms with E-state index in [1.807, 2.05) is 19.1 Å². The minimum atomic E-state index is -0.776. The van der Waals surface area contributed by atoms with Crippen LogP contribution in [0.25, 0.3) is 20.4 Å². The third-order valence-corrected chi connectivity index (χ3v) is 9.33. The largest absolute Gasteiger partial charge is 0.369 e. The molecule has 2 aromatic carbocycles. The molecule has 1 fully saturated rings. The number of nitrogens with two attached hydrogens (primary N) is 1. The SMILES string of the molecule is CN1C(=O)[C@@](C)(C[C@H]2CCC[C@@H](N(c3nc4ccccc4s3)c3nc4ccccc4s3)C2)N=C1N. The highest BCUT2D eigenvalue weighted by molar-refractivity contribution is 7.24. The number of benzene rings is 2. The highest BCUT2D eigenvalue weighted by Crippen LogP contribution is 2.44. The van der Waals surface area contributed by atoms with Crippen molar-refractivity contribution in [2.24, 2.45) is 16.6 Å². The van der Waals surface area contributed by atoms with E-state index in [2.05, 4.69) is 46.3 Å². The second kappa shape index (κ2) is 8.57. The molecule has 0 unspecified atom stereocenters. The number of carbonyl (C=O) groups excluding carboxylic acids is 1. The minimum absolute atomic E-state index is 0.00803. The van der Waals surface area contributed by atoms with Crippen LogP contribution >= 0.6 is 22.7 Å². The van der Waals surface area contributed by atoms with E-state index >= 15 is 0 Å². The van der Waals surface area contributed by atoms with Crippen LogP contribution in [-0.2, 0) is 4.79 Å². The van der Waals surface area contributed by atoms with Crippen LogP contribution in [0.5, 0.6) is 0 Å². The van der Waals surface area contributed by atoms with E-state index in [-0.39, 0.29) is 11.9 Å². The molecule has 2 aromatic heterocycles. The monoisotopic (exact) mass is 504 g/mol. The molecule has 1 aliphatic heterocycles. The van der Waals surface area contributed by atoms with Gasteiger partial charge in [0.1, 0.15) is 5.54 Å². The summed E-state index contributed by atoms with van der Waals surface area (Å²) in [5.41, 5.74) is 7.24. The average Bonchev–Trinajstić information content (AvgIpc) is 3.51. The Morgan fingerprint density at radius 1 is 1.03 bits per heavy atom. The van der Waals surface area contributed by atoms with Crippen molar-refractivity contribution < 1.29 is 4.79 Å². The molecule has 9 heteroatoms. The van der Waals surface area contributed by atoms with Crippen molar-refractivity contribution in [1.29, 1.82) is 0 Å². The number of rotatable bonds is 5. The standard InChI is InChI=1S/C26H28N6OS2/c1-26(22(33)31(2)23(27)30-26)15-16-8-7-9-17(14-16)32(24-28-18-10-3-5-12-20(18)34-24)25-29-19-11-4-6-13-21(19)35-25/h3-6,10-13,16-17H,7-9,14-15H2,1-2H3,(H2,27,30)/t16-,17+,26+/m0/s1. The molecule has 0 spiro atoms. The van der Waals surface area contributed by atoms with Crippen LogP contribution in [-0.4, -0.2) is 45.4 Å². The maximum atomic E-state index is 12.9. The summed E-state index contributed by atoms with van der Waals surface area (Å²) in [4.78, 5) is 31.3. The number of nitrogens with zero attached hydrogens (tertiary/aromatic N) is 5. The Morgan fingerprint density at radius 2 is 1.63 bits per heavy atom. The van der Waals surface area contributed by atoms with E-state index in [0.29, 0.717) is 18.3 Å². The number of aliphatic imine (C=N–C) groups is 1. The predicted molar refractivity (Wildman–Crippen MR) is 145 cm³/mol. The molecule has 6 rings (SSSR count). The molecule has 0 saturated heterocycles. The average molecular weight is 505 g/mol. The number of fused-ring (bicyclic) bond motifs is 2. The van der Waals surface area contributed by atoms with Crippen molar-refractivity contribution in [3.8, 4) is 0 Å². The zero-order valence-corrected chi connectivity index (χ0v) is 21.5. The maximum absolute atomic E-state index is 12.9. The quantitative estimate of drug-likeness (QED) is 0.386. The Kier molecular flexibility index (Phi) is 5.49. The molecule has 3 atom stereocenters. The summed E-state index contributed by atoms with van der Waals surface area (Å²) in [7, 11) is 1.71. The van der Waals surface area contributed by atoms with Crippen molar-refractivity contribution in [2.45, 2.75) is 50.6 Å². The molecule has 1 aliphatic carbocycles. The van der Waals surface area contributed by atoms with Crippen molar-refractivity contribution in [3.63, 3.8) is 0 Å². The normalized spacial score (nSPS) is 24.9. The molecular weight excluding hydrogens is 476 g/mol. The van der Waals surface area contributed by atoms with Gasteiger partial charge in [-0.3, -0.25) is 14.6 Å². The van der Waals surface area contributed by atoms with E-state index in [9.17, 15) is 4.79 Å². The number of para-hydroxylation sites is 2. The van der Waals surface area contributed by atoms with Gasteiger partial charge < -0.3 is 5.73 Å². The molecule has 0 bridgehead atoms. The Morgan fingerprint density at radius 3 is 2.17 bits per heavy atom. The maximum Gasteiger partial charge on any atom is 0.256 e. The van der Waals surface area contributed by atoms with Gasteiger partial charge in [-0.15, -0.1) is 0 Å². The van der Waals surface area contributed by atoms with E-state index in [0.717, 1.165) is 47.0 Å². The van der Waals surface area contributed by atoms with Crippen LogP contribution < -0.4 is 10.6 Å². The Bertz CT molecular complexity index is 1300. The van der Waals surface area contributed by atoms with Gasteiger partial charge in [-0.1, -0.05) is 59.8 Å². The summed E-state index contributed by atoms with van der Waals surface area (Å²) in [5.74, 6) is 0.679. The van der Waals surface area contributed by atoms with Crippen LogP contribution in [0.4, 0.5) is 10.3 Å². The Labute approximate surface area is 212 Å². The number of aromatic nitrogens is 2. The Balaban J connectivity index is 1.35. The fourth-order valence-electron chi connectivity index (χ4n) is 5.54. The number of hydrogen-bond donors (Lipinski definition) is 1. The summed E-state index contributed by atoms with van der Waals surface area (Å²) in [5, 5.41) is 1.97. The summed E-state index contributed by atoms with van der Waals surface area (Å²) < 4.78 is 2.36. The molecule has 7 nitrogen and oxygen atoms in total. The number of thiazole rings is 2. The lowest BCUT2D eigenvalue weighted by Gasteiger charge is -2.37. The van der Waals surface area contributed by atoms with Gasteiger partial charge >= 0.3 is 0 Å². The zero-order valence-electron chi connectivity index (χ0n) is 19.8. The van der Waals surface area contributed by atoms with Gasteiger partial charge in [0.05, 0.1) is 20.4 Å². The first-order chi connectivity index (χ1) is 16.9. The van der Waals surface area contributed by atoms with Crippen LogP contribution in [0, 0.1) is 5.92 Å². The smallest absolute Gasteiger partial charge is 0.256 e. The highest BCUT2D eigenvalue weighted by atomic mass is 32.1. The lowest BCUT2D eigenvalue weighted by Crippen LogP contribution is -2.43. The van der Waals surface area contributed by atoms with Crippen LogP contribution in [0.15, 0.2) is 53.5 Å². The first kappa shape index (κ1) is 22.4. The molecule has 35 heavy (non-hydrogen) atoms. The highest BCUT2D eigenvalue weighted by Gasteiger charge is 2.45. The zero-order chi connectivity index (χ0) is 24.2. The molecular formula is C26H28N6OS2. The first-order valence-electron chi connectivity index (χ1n) is 12.1. The number of anilines is 2. The number of guanidine groups is 1. The summed E-state index contributed by atoms with van der Waals surface area (Å²) in [6.07, 6.45) is 4.93. The van der Waals surface area contributed by atoms with Gasteiger partial charge in [0, 0.05) is 13.1 Å². The van der Waals surface area contributed by atoms with Crippen molar-refractivity contribution in [1.82, 2.24) is 14.9 Å². The van der Waals surface area contributed by atoms with E-state index < -0.39 is 5.54 Å². The summed E-state index contributed by atoms with van der Waals surface area (Å²) in [6, 6.07) is 16.8. The second-order valence-corrected chi connectivity index (χ2v) is 11.8. The minimum Gasteiger partial charge on any atom is -0.369 e.